The molecule has 4 rings (SSSR count). The second-order valence-corrected chi connectivity index (χ2v) is 12.8. The summed E-state index contributed by atoms with van der Waals surface area (Å²) in [5.41, 5.74) is 1.18. The fraction of sp³-hybridized carbons (Fsp3) is 0.667. The maximum absolute atomic E-state index is 13.7. The number of carbonyl (C=O) groups excluding carboxylic acids is 2. The van der Waals surface area contributed by atoms with Crippen molar-refractivity contribution in [2.75, 3.05) is 26.4 Å². The van der Waals surface area contributed by atoms with E-state index in [9.17, 15) is 35.1 Å². The third kappa shape index (κ3) is 10.2. The molecular formula is C36H53NO12. The summed E-state index contributed by atoms with van der Waals surface area (Å²) < 4.78 is 30.3. The van der Waals surface area contributed by atoms with Gasteiger partial charge in [0.25, 0.3) is 0 Å². The average Bonchev–Trinajstić information content (AvgIpc) is 3.48. The van der Waals surface area contributed by atoms with Gasteiger partial charge >= 0.3 is 5.97 Å². The van der Waals surface area contributed by atoms with Gasteiger partial charge < -0.3 is 54.5 Å². The Morgan fingerprint density at radius 2 is 1.69 bits per heavy atom. The molecular weight excluding hydrogens is 638 g/mol. The number of rotatable bonds is 18. The van der Waals surface area contributed by atoms with Crippen LogP contribution in [0.1, 0.15) is 87.6 Å². The number of nitrogens with one attached hydrogen (secondary N) is 1. The fourth-order valence-electron chi connectivity index (χ4n) is 6.44. The quantitative estimate of drug-likeness (QED) is 0.0972. The highest BCUT2D eigenvalue weighted by Crippen LogP contribution is 2.43. The van der Waals surface area contributed by atoms with E-state index in [1.54, 1.807) is 42.5 Å². The van der Waals surface area contributed by atoms with Crippen LogP contribution in [0.5, 0.6) is 0 Å². The zero-order valence-corrected chi connectivity index (χ0v) is 28.4. The molecule has 274 valence electrons. The largest absolute Gasteiger partial charge is 0.456 e. The molecule has 1 aromatic carbocycles. The molecule has 1 aromatic rings. The van der Waals surface area contributed by atoms with Crippen molar-refractivity contribution in [2.45, 2.75) is 126 Å². The molecule has 0 spiro atoms. The Morgan fingerprint density at radius 1 is 0.980 bits per heavy atom. The maximum Gasteiger partial charge on any atom is 0.339 e. The SMILES string of the molecule is CCCCCC1(CCCCC)O[C@@H]2[C@@H](C=C(C(=O)NCCO)C[C@H]2OC(=O)c2ccccc2C=CCO[C@H]2O[C@H](CO)[C@H](O)[C@H](O)[C@H]2O)O1. The minimum Gasteiger partial charge on any atom is -0.456 e. The molecule has 0 bridgehead atoms. The lowest BCUT2D eigenvalue weighted by Crippen LogP contribution is -2.59. The monoisotopic (exact) mass is 691 g/mol. The third-order valence-electron chi connectivity index (χ3n) is 9.13. The zero-order chi connectivity index (χ0) is 35.4. The van der Waals surface area contributed by atoms with Gasteiger partial charge in [-0.15, -0.1) is 0 Å². The number of hydrogen-bond acceptors (Lipinski definition) is 12. The van der Waals surface area contributed by atoms with Crippen molar-refractivity contribution < 1.29 is 58.8 Å². The normalized spacial score (nSPS) is 29.4. The Kier molecular flexibility index (Phi) is 15.2. The van der Waals surface area contributed by atoms with E-state index in [1.807, 2.05) is 0 Å². The Balaban J connectivity index is 1.49. The predicted octanol–water partition coefficient (Wildman–Crippen LogP) is 2.12. The van der Waals surface area contributed by atoms with Crippen LogP contribution >= 0.6 is 0 Å². The molecule has 13 heteroatoms. The van der Waals surface area contributed by atoms with E-state index in [0.717, 1.165) is 38.5 Å². The number of aliphatic hydroxyl groups is 5. The molecule has 1 amide bonds. The van der Waals surface area contributed by atoms with Crippen LogP contribution in [0.4, 0.5) is 0 Å². The summed E-state index contributed by atoms with van der Waals surface area (Å²) in [5, 5.41) is 51.6. The van der Waals surface area contributed by atoms with Gasteiger partial charge in [0, 0.05) is 31.4 Å². The average molecular weight is 692 g/mol. The van der Waals surface area contributed by atoms with Crippen LogP contribution in [0.15, 0.2) is 42.0 Å². The van der Waals surface area contributed by atoms with Gasteiger partial charge in [-0.1, -0.05) is 69.9 Å². The van der Waals surface area contributed by atoms with Gasteiger partial charge in [-0.3, -0.25) is 4.79 Å². The molecule has 13 nitrogen and oxygen atoms in total. The van der Waals surface area contributed by atoms with E-state index in [2.05, 4.69) is 19.2 Å². The second kappa shape index (κ2) is 19.0. The Labute approximate surface area is 287 Å². The minimum atomic E-state index is -1.56. The Hall–Kier alpha value is -2.72. The number of esters is 1. The minimum absolute atomic E-state index is 0.0844. The number of fused-ring (bicyclic) bond motifs is 1. The van der Waals surface area contributed by atoms with Crippen LogP contribution in [0, 0.1) is 0 Å². The van der Waals surface area contributed by atoms with Gasteiger partial charge in [0.05, 0.1) is 25.4 Å². The molecule has 0 unspecified atom stereocenters. The summed E-state index contributed by atoms with van der Waals surface area (Å²) in [7, 11) is 0. The third-order valence-corrected chi connectivity index (χ3v) is 9.13. The number of unbranched alkanes of at least 4 members (excludes halogenated alkanes) is 4. The lowest BCUT2D eigenvalue weighted by Gasteiger charge is -2.39. The highest BCUT2D eigenvalue weighted by molar-refractivity contribution is 5.95. The molecule has 8 atom stereocenters. The molecule has 2 heterocycles. The molecule has 0 radical (unpaired) electrons. The van der Waals surface area contributed by atoms with E-state index in [0.29, 0.717) is 24.0 Å². The number of ether oxygens (including phenoxy) is 5. The van der Waals surface area contributed by atoms with Crippen molar-refractivity contribution >= 4 is 18.0 Å². The van der Waals surface area contributed by atoms with E-state index >= 15 is 0 Å². The number of carbonyl (C=O) groups is 2. The van der Waals surface area contributed by atoms with Crippen LogP contribution in [0.25, 0.3) is 6.08 Å². The number of aliphatic hydroxyl groups excluding tert-OH is 5. The summed E-state index contributed by atoms with van der Waals surface area (Å²) in [5.74, 6) is -1.83. The zero-order valence-electron chi connectivity index (χ0n) is 28.4. The van der Waals surface area contributed by atoms with E-state index in [4.69, 9.17) is 23.7 Å². The topological polar surface area (TPSA) is 193 Å². The molecule has 0 saturated carbocycles. The van der Waals surface area contributed by atoms with Crippen molar-refractivity contribution in [3.05, 3.63) is 53.1 Å². The van der Waals surface area contributed by atoms with Gasteiger partial charge in [0.1, 0.15) is 42.7 Å². The molecule has 0 aromatic heterocycles. The summed E-state index contributed by atoms with van der Waals surface area (Å²) >= 11 is 0. The summed E-state index contributed by atoms with van der Waals surface area (Å²) in [6.45, 7) is 3.49. The molecule has 2 aliphatic heterocycles. The first kappa shape index (κ1) is 39.1. The van der Waals surface area contributed by atoms with Gasteiger partial charge in [0.2, 0.25) is 5.91 Å². The fourth-order valence-corrected chi connectivity index (χ4v) is 6.44. The van der Waals surface area contributed by atoms with Crippen LogP contribution in [0.3, 0.4) is 0 Å². The Morgan fingerprint density at radius 3 is 2.37 bits per heavy atom. The van der Waals surface area contributed by atoms with E-state index in [1.165, 1.54) is 0 Å². The van der Waals surface area contributed by atoms with Crippen LogP contribution in [-0.4, -0.2) is 119 Å². The van der Waals surface area contributed by atoms with Crippen LogP contribution in [-0.2, 0) is 28.5 Å². The lowest BCUT2D eigenvalue weighted by molar-refractivity contribution is -0.298. The number of amides is 1. The second-order valence-electron chi connectivity index (χ2n) is 12.8. The first-order chi connectivity index (χ1) is 23.7. The molecule has 2 saturated heterocycles. The highest BCUT2D eigenvalue weighted by atomic mass is 16.8. The molecule has 3 aliphatic rings. The standard InChI is InChI=1S/C36H53NO12/c1-3-5-9-15-36(16-10-6-4-2)48-27-21-24(33(43)37-17-18-38)20-26(32(27)49-36)46-34(44)25-14-8-7-12-23(25)13-11-19-45-35-31(42)30(41)29(40)28(22-39)47-35/h7-8,11-14,21,26-32,35,38-42H,3-6,9-10,15-20,22H2,1-2H3,(H,37,43)/t26-,27-,28-,29+,30+,31-,32+,35+/m1/s1. The van der Waals surface area contributed by atoms with Gasteiger partial charge in [-0.25, -0.2) is 4.79 Å². The lowest BCUT2D eigenvalue weighted by atomic mass is 9.91. The first-order valence-electron chi connectivity index (χ1n) is 17.5. The van der Waals surface area contributed by atoms with Crippen LogP contribution < -0.4 is 5.32 Å². The van der Waals surface area contributed by atoms with Crippen LogP contribution in [0.2, 0.25) is 0 Å². The van der Waals surface area contributed by atoms with Gasteiger partial charge in [-0.2, -0.15) is 0 Å². The van der Waals surface area contributed by atoms with Gasteiger partial charge in [0.15, 0.2) is 12.1 Å². The van der Waals surface area contributed by atoms with E-state index < -0.39 is 67.4 Å². The molecule has 1 aliphatic carbocycles. The molecule has 2 fully saturated rings. The predicted molar refractivity (Wildman–Crippen MR) is 178 cm³/mol. The molecule has 6 N–H and O–H groups in total. The smallest absolute Gasteiger partial charge is 0.339 e. The van der Waals surface area contributed by atoms with Gasteiger partial charge in [-0.05, 0) is 30.5 Å². The number of hydrogen-bond donors (Lipinski definition) is 6. The van der Waals surface area contributed by atoms with Crippen molar-refractivity contribution in [1.82, 2.24) is 5.32 Å². The first-order valence-corrected chi connectivity index (χ1v) is 17.5. The molecule has 49 heavy (non-hydrogen) atoms. The summed E-state index contributed by atoms with van der Waals surface area (Å²) in [6, 6.07) is 6.81. The van der Waals surface area contributed by atoms with E-state index in [-0.39, 0.29) is 37.6 Å². The summed E-state index contributed by atoms with van der Waals surface area (Å²) in [6.07, 6.45) is 3.46. The summed E-state index contributed by atoms with van der Waals surface area (Å²) in [4.78, 5) is 26.8. The Bertz CT molecular complexity index is 1260. The van der Waals surface area contributed by atoms with Crippen molar-refractivity contribution in [2.24, 2.45) is 0 Å². The van der Waals surface area contributed by atoms with Crippen molar-refractivity contribution in [3.8, 4) is 0 Å². The van der Waals surface area contributed by atoms with Crippen molar-refractivity contribution in [1.29, 1.82) is 0 Å². The number of benzene rings is 1. The highest BCUT2D eigenvalue weighted by Gasteiger charge is 2.52. The van der Waals surface area contributed by atoms with Crippen molar-refractivity contribution in [3.63, 3.8) is 0 Å². The maximum atomic E-state index is 13.7.